The fourth-order valence-corrected chi connectivity index (χ4v) is 3.90. The van der Waals surface area contributed by atoms with Gasteiger partial charge in [-0.15, -0.1) is 0 Å². The van der Waals surface area contributed by atoms with Crippen molar-refractivity contribution in [1.29, 1.82) is 0 Å². The molecule has 0 spiro atoms. The van der Waals surface area contributed by atoms with Crippen molar-refractivity contribution < 1.29 is 13.2 Å². The summed E-state index contributed by atoms with van der Waals surface area (Å²) in [5.74, 6) is 0.537. The summed E-state index contributed by atoms with van der Waals surface area (Å²) in [6.07, 6.45) is 0.608. The van der Waals surface area contributed by atoms with E-state index in [0.717, 1.165) is 6.42 Å². The molecular formula is C14H26F3N3. The van der Waals surface area contributed by atoms with Gasteiger partial charge in [0, 0.05) is 38.3 Å². The molecule has 0 amide bonds. The van der Waals surface area contributed by atoms with Crippen molar-refractivity contribution >= 4 is 0 Å². The molecule has 1 heterocycles. The number of piperazine rings is 1. The number of nitrogens with two attached hydrogens (primary N) is 1. The van der Waals surface area contributed by atoms with Crippen LogP contribution in [0.25, 0.3) is 0 Å². The van der Waals surface area contributed by atoms with Gasteiger partial charge in [0.2, 0.25) is 0 Å². The Morgan fingerprint density at radius 2 is 1.80 bits per heavy atom. The lowest BCUT2D eigenvalue weighted by molar-refractivity contribution is -0.152. The zero-order valence-corrected chi connectivity index (χ0v) is 12.3. The molecule has 2 atom stereocenters. The smallest absolute Gasteiger partial charge is 0.329 e. The predicted molar refractivity (Wildman–Crippen MR) is 73.5 cm³/mol. The molecule has 1 aliphatic carbocycles. The Balaban J connectivity index is 1.94. The third-order valence-corrected chi connectivity index (χ3v) is 5.17. The Morgan fingerprint density at radius 3 is 2.30 bits per heavy atom. The third-order valence-electron chi connectivity index (χ3n) is 5.17. The van der Waals surface area contributed by atoms with Crippen LogP contribution < -0.4 is 5.73 Å². The van der Waals surface area contributed by atoms with Gasteiger partial charge in [0.1, 0.15) is 0 Å². The third kappa shape index (κ3) is 3.46. The molecule has 0 bridgehead atoms. The number of rotatable bonds is 3. The minimum atomic E-state index is -4.09. The summed E-state index contributed by atoms with van der Waals surface area (Å²) in [7, 11) is 0. The van der Waals surface area contributed by atoms with Crippen LogP contribution in [0.15, 0.2) is 0 Å². The first-order valence-corrected chi connectivity index (χ1v) is 7.61. The van der Waals surface area contributed by atoms with Crippen molar-refractivity contribution in [2.45, 2.75) is 44.3 Å². The van der Waals surface area contributed by atoms with Crippen LogP contribution in [-0.2, 0) is 0 Å². The molecule has 20 heavy (non-hydrogen) atoms. The summed E-state index contributed by atoms with van der Waals surface area (Å²) < 4.78 is 37.3. The van der Waals surface area contributed by atoms with Crippen LogP contribution in [0.4, 0.5) is 13.2 Å². The monoisotopic (exact) mass is 293 g/mol. The molecule has 1 saturated heterocycles. The van der Waals surface area contributed by atoms with Gasteiger partial charge in [-0.25, -0.2) is 0 Å². The normalized spacial score (nSPS) is 34.4. The zero-order chi connectivity index (χ0) is 14.8. The van der Waals surface area contributed by atoms with E-state index in [1.54, 1.807) is 0 Å². The summed E-state index contributed by atoms with van der Waals surface area (Å²) in [5.41, 5.74) is 6.08. The van der Waals surface area contributed by atoms with Crippen molar-refractivity contribution in [3.05, 3.63) is 0 Å². The molecule has 1 saturated carbocycles. The fraction of sp³-hybridized carbons (Fsp3) is 1.00. The molecule has 2 N–H and O–H groups in total. The lowest BCUT2D eigenvalue weighted by Crippen LogP contribution is -2.64. The summed E-state index contributed by atoms with van der Waals surface area (Å²) in [5, 5.41) is 0. The summed E-state index contributed by atoms with van der Waals surface area (Å²) >= 11 is 0. The Morgan fingerprint density at radius 1 is 1.15 bits per heavy atom. The van der Waals surface area contributed by atoms with Gasteiger partial charge < -0.3 is 5.73 Å². The lowest BCUT2D eigenvalue weighted by atomic mass is 9.72. The molecule has 0 aromatic carbocycles. The highest BCUT2D eigenvalue weighted by atomic mass is 19.4. The molecule has 118 valence electrons. The fourth-order valence-electron chi connectivity index (χ4n) is 3.90. The summed E-state index contributed by atoms with van der Waals surface area (Å²) in [6, 6.07) is 0. The highest BCUT2D eigenvalue weighted by molar-refractivity contribution is 4.99. The largest absolute Gasteiger partial charge is 0.401 e. The van der Waals surface area contributed by atoms with Gasteiger partial charge in [-0.05, 0) is 18.8 Å². The molecule has 6 heteroatoms. The van der Waals surface area contributed by atoms with E-state index in [2.05, 4.69) is 11.8 Å². The molecule has 0 radical (unpaired) electrons. The second-order valence-corrected chi connectivity index (χ2v) is 6.33. The first-order valence-electron chi connectivity index (χ1n) is 7.61. The second kappa shape index (κ2) is 6.20. The molecule has 3 nitrogen and oxygen atoms in total. The van der Waals surface area contributed by atoms with E-state index in [-0.39, 0.29) is 5.54 Å². The van der Waals surface area contributed by atoms with Gasteiger partial charge in [0.05, 0.1) is 6.54 Å². The number of hydrogen-bond donors (Lipinski definition) is 1. The highest BCUT2D eigenvalue weighted by Gasteiger charge is 2.43. The van der Waals surface area contributed by atoms with Gasteiger partial charge in [-0.3, -0.25) is 9.80 Å². The predicted octanol–water partition coefficient (Wildman–Crippen LogP) is 2.07. The highest BCUT2D eigenvalue weighted by Crippen LogP contribution is 2.38. The number of nitrogens with zero attached hydrogens (tertiary/aromatic N) is 2. The van der Waals surface area contributed by atoms with E-state index in [1.165, 1.54) is 24.2 Å². The average Bonchev–Trinajstić information content (AvgIpc) is 2.39. The van der Waals surface area contributed by atoms with Crippen LogP contribution in [0.3, 0.4) is 0 Å². The number of halogens is 3. The summed E-state index contributed by atoms with van der Waals surface area (Å²) in [6.45, 7) is 4.48. The van der Waals surface area contributed by atoms with Crippen LogP contribution in [-0.4, -0.2) is 60.8 Å². The SMILES string of the molecule is CC1CCCCC1(CN)N1CCN(CC(F)(F)F)CC1. The average molecular weight is 293 g/mol. The van der Waals surface area contributed by atoms with Crippen LogP contribution in [0.5, 0.6) is 0 Å². The minimum absolute atomic E-state index is 0.0164. The lowest BCUT2D eigenvalue weighted by Gasteiger charge is -2.52. The number of alkyl halides is 3. The molecule has 0 aromatic rings. The molecule has 2 fully saturated rings. The van der Waals surface area contributed by atoms with Crippen LogP contribution >= 0.6 is 0 Å². The van der Waals surface area contributed by atoms with Crippen molar-refractivity contribution in [1.82, 2.24) is 9.80 Å². The van der Waals surface area contributed by atoms with E-state index in [9.17, 15) is 13.2 Å². The van der Waals surface area contributed by atoms with Gasteiger partial charge in [-0.2, -0.15) is 13.2 Å². The molecule has 2 aliphatic rings. The summed E-state index contributed by atoms with van der Waals surface area (Å²) in [4.78, 5) is 3.87. The van der Waals surface area contributed by atoms with Gasteiger partial charge >= 0.3 is 6.18 Å². The number of hydrogen-bond acceptors (Lipinski definition) is 3. The van der Waals surface area contributed by atoms with E-state index in [4.69, 9.17) is 5.73 Å². The Bertz CT molecular complexity index is 313. The maximum absolute atomic E-state index is 12.4. The van der Waals surface area contributed by atoms with E-state index >= 15 is 0 Å². The zero-order valence-electron chi connectivity index (χ0n) is 12.3. The molecule has 2 unspecified atom stereocenters. The minimum Gasteiger partial charge on any atom is -0.329 e. The quantitative estimate of drug-likeness (QED) is 0.864. The maximum atomic E-state index is 12.4. The van der Waals surface area contributed by atoms with Crippen molar-refractivity contribution in [2.24, 2.45) is 11.7 Å². The van der Waals surface area contributed by atoms with Gasteiger partial charge in [-0.1, -0.05) is 19.8 Å². The Labute approximate surface area is 119 Å². The Kier molecular flexibility index (Phi) is 4.97. The van der Waals surface area contributed by atoms with E-state index < -0.39 is 12.7 Å². The van der Waals surface area contributed by atoms with Crippen molar-refractivity contribution in [3.8, 4) is 0 Å². The first kappa shape index (κ1) is 16.0. The molecule has 0 aromatic heterocycles. The second-order valence-electron chi connectivity index (χ2n) is 6.33. The van der Waals surface area contributed by atoms with Crippen LogP contribution in [0, 0.1) is 5.92 Å². The van der Waals surface area contributed by atoms with E-state index in [1.807, 2.05) is 0 Å². The molecule has 1 aliphatic heterocycles. The maximum Gasteiger partial charge on any atom is 0.401 e. The molecular weight excluding hydrogens is 267 g/mol. The molecule has 2 rings (SSSR count). The van der Waals surface area contributed by atoms with Gasteiger partial charge in [0.25, 0.3) is 0 Å². The first-order chi connectivity index (χ1) is 9.37. The van der Waals surface area contributed by atoms with Gasteiger partial charge in [0.15, 0.2) is 0 Å². The van der Waals surface area contributed by atoms with Crippen LogP contribution in [0.1, 0.15) is 32.6 Å². The van der Waals surface area contributed by atoms with E-state index in [0.29, 0.717) is 38.6 Å². The Hall–Kier alpha value is -0.330. The standard InChI is InChI=1S/C14H26F3N3/c1-12-4-2-3-5-13(12,10-18)20-8-6-19(7-9-20)11-14(15,16)17/h12H,2-11,18H2,1H3. The van der Waals surface area contributed by atoms with Crippen LogP contribution in [0.2, 0.25) is 0 Å². The topological polar surface area (TPSA) is 32.5 Å². The van der Waals surface area contributed by atoms with Crippen molar-refractivity contribution in [3.63, 3.8) is 0 Å². The van der Waals surface area contributed by atoms with Crippen molar-refractivity contribution in [2.75, 3.05) is 39.3 Å².